The van der Waals surface area contributed by atoms with Crippen LogP contribution in [0.4, 0.5) is 0 Å². The second-order valence-corrected chi connectivity index (χ2v) is 5.31. The summed E-state index contributed by atoms with van der Waals surface area (Å²) >= 11 is 0. The number of aromatic amines is 1. The number of nitrogens with one attached hydrogen (secondary N) is 1. The summed E-state index contributed by atoms with van der Waals surface area (Å²) in [5, 5.41) is 0. The van der Waals surface area contributed by atoms with Gasteiger partial charge in [0.05, 0.1) is 0 Å². The zero-order chi connectivity index (χ0) is 14.6. The lowest BCUT2D eigenvalue weighted by Crippen LogP contribution is -1.87. The maximum Gasteiger partial charge on any atom is 0.0450 e. The predicted octanol–water partition coefficient (Wildman–Crippen LogP) is 6.15. The van der Waals surface area contributed by atoms with Crippen LogP contribution in [0.25, 0.3) is 12.2 Å². The van der Waals surface area contributed by atoms with Crippen molar-refractivity contribution in [2.75, 3.05) is 0 Å². The number of rotatable bonds is 11. The lowest BCUT2D eigenvalue weighted by molar-refractivity contribution is 0.589. The van der Waals surface area contributed by atoms with Crippen LogP contribution in [0.3, 0.4) is 0 Å². The summed E-state index contributed by atoms with van der Waals surface area (Å²) in [5.41, 5.74) is 3.78. The van der Waals surface area contributed by atoms with Crippen molar-refractivity contribution < 1.29 is 0 Å². The van der Waals surface area contributed by atoms with Crippen LogP contribution in [-0.4, -0.2) is 4.98 Å². The third-order valence-electron chi connectivity index (χ3n) is 3.69. The van der Waals surface area contributed by atoms with E-state index in [0.717, 1.165) is 12.1 Å². The van der Waals surface area contributed by atoms with E-state index in [1.807, 2.05) is 18.2 Å². The van der Waals surface area contributed by atoms with E-state index in [9.17, 15) is 0 Å². The summed E-state index contributed by atoms with van der Waals surface area (Å²) in [5.74, 6) is 0. The highest BCUT2D eigenvalue weighted by Gasteiger charge is 2.05. The normalized spacial score (nSPS) is 11.1. The molecule has 0 fully saturated rings. The Morgan fingerprint density at radius 3 is 2.40 bits per heavy atom. The summed E-state index contributed by atoms with van der Waals surface area (Å²) in [4.78, 5) is 3.30. The standard InChI is InChI=1S/C19H29N/c1-4-7-9-10-11-12-13-14-17-16-20-19(6-3)18(17)15-8-5-2/h5-6,8,15-16,20H,2-4,7,9-14H2,1H3/b15-8-. The molecule has 1 aromatic heterocycles. The van der Waals surface area contributed by atoms with Crippen molar-refractivity contribution >= 4 is 12.2 Å². The van der Waals surface area contributed by atoms with Crippen molar-refractivity contribution in [2.45, 2.75) is 58.3 Å². The molecule has 20 heavy (non-hydrogen) atoms. The predicted molar refractivity (Wildman–Crippen MR) is 91.8 cm³/mol. The maximum atomic E-state index is 3.86. The highest BCUT2D eigenvalue weighted by molar-refractivity contribution is 5.66. The van der Waals surface area contributed by atoms with E-state index in [0.29, 0.717) is 0 Å². The van der Waals surface area contributed by atoms with Gasteiger partial charge in [-0.2, -0.15) is 0 Å². The molecule has 0 saturated carbocycles. The van der Waals surface area contributed by atoms with Gasteiger partial charge in [-0.25, -0.2) is 0 Å². The minimum atomic E-state index is 1.11. The number of unbranched alkanes of at least 4 members (excludes halogenated alkanes) is 6. The van der Waals surface area contributed by atoms with Crippen LogP contribution in [0.1, 0.15) is 68.7 Å². The molecule has 0 saturated heterocycles. The molecular formula is C19H29N. The minimum Gasteiger partial charge on any atom is -0.361 e. The zero-order valence-electron chi connectivity index (χ0n) is 13.0. The van der Waals surface area contributed by atoms with Crippen LogP contribution in [0, 0.1) is 0 Å². The van der Waals surface area contributed by atoms with Gasteiger partial charge in [-0.15, -0.1) is 0 Å². The first-order valence-corrected chi connectivity index (χ1v) is 7.95. The van der Waals surface area contributed by atoms with Crippen LogP contribution in [-0.2, 0) is 6.42 Å². The molecule has 0 spiro atoms. The van der Waals surface area contributed by atoms with Gasteiger partial charge >= 0.3 is 0 Å². The van der Waals surface area contributed by atoms with E-state index < -0.39 is 0 Å². The number of hydrogen-bond acceptors (Lipinski definition) is 0. The first kappa shape index (κ1) is 16.6. The number of hydrogen-bond donors (Lipinski definition) is 1. The van der Waals surface area contributed by atoms with Gasteiger partial charge in [0.2, 0.25) is 0 Å². The molecular weight excluding hydrogens is 242 g/mol. The van der Waals surface area contributed by atoms with Gasteiger partial charge in [0.25, 0.3) is 0 Å². The second-order valence-electron chi connectivity index (χ2n) is 5.31. The first-order chi connectivity index (χ1) is 9.83. The molecule has 110 valence electrons. The Hall–Kier alpha value is -1.50. The topological polar surface area (TPSA) is 15.8 Å². The molecule has 0 aliphatic heterocycles. The average Bonchev–Trinajstić information content (AvgIpc) is 2.86. The SMILES string of the molecule is C=C/C=C\c1c(CCCCCCCCC)c[nH]c1C=C. The molecule has 1 aromatic rings. The molecule has 1 heterocycles. The molecule has 1 rings (SSSR count). The number of aryl methyl sites for hydroxylation is 1. The lowest BCUT2D eigenvalue weighted by Gasteiger charge is -2.02. The molecule has 0 aromatic carbocycles. The Morgan fingerprint density at radius 1 is 1.05 bits per heavy atom. The van der Waals surface area contributed by atoms with Crippen LogP contribution in [0.2, 0.25) is 0 Å². The zero-order valence-corrected chi connectivity index (χ0v) is 13.0. The van der Waals surface area contributed by atoms with Crippen molar-refractivity contribution in [3.8, 4) is 0 Å². The fourth-order valence-corrected chi connectivity index (χ4v) is 2.50. The van der Waals surface area contributed by atoms with Gasteiger partial charge in [-0.05, 0) is 24.5 Å². The third-order valence-corrected chi connectivity index (χ3v) is 3.69. The van der Waals surface area contributed by atoms with Gasteiger partial charge in [-0.3, -0.25) is 0 Å². The number of aromatic nitrogens is 1. The Morgan fingerprint density at radius 2 is 1.75 bits per heavy atom. The molecule has 0 bridgehead atoms. The quantitative estimate of drug-likeness (QED) is 0.367. The molecule has 1 N–H and O–H groups in total. The van der Waals surface area contributed by atoms with E-state index >= 15 is 0 Å². The van der Waals surface area contributed by atoms with Crippen LogP contribution in [0.15, 0.2) is 31.5 Å². The molecule has 0 aliphatic carbocycles. The molecule has 1 heteroatoms. The van der Waals surface area contributed by atoms with Crippen molar-refractivity contribution in [1.29, 1.82) is 0 Å². The first-order valence-electron chi connectivity index (χ1n) is 7.95. The van der Waals surface area contributed by atoms with E-state index in [1.165, 1.54) is 56.1 Å². The van der Waals surface area contributed by atoms with Crippen molar-refractivity contribution in [3.05, 3.63) is 48.3 Å². The maximum absolute atomic E-state index is 3.86. The van der Waals surface area contributed by atoms with Crippen molar-refractivity contribution in [1.82, 2.24) is 4.98 Å². The second kappa shape index (κ2) is 10.3. The summed E-state index contributed by atoms with van der Waals surface area (Å²) in [6, 6.07) is 0. The summed E-state index contributed by atoms with van der Waals surface area (Å²) in [7, 11) is 0. The Labute approximate surface area is 124 Å². The molecule has 0 aliphatic rings. The fourth-order valence-electron chi connectivity index (χ4n) is 2.50. The van der Waals surface area contributed by atoms with E-state index in [4.69, 9.17) is 0 Å². The molecule has 0 atom stereocenters. The lowest BCUT2D eigenvalue weighted by atomic mass is 10.0. The number of allylic oxidation sites excluding steroid dienone is 2. The third kappa shape index (κ3) is 5.64. The van der Waals surface area contributed by atoms with E-state index in [1.54, 1.807) is 0 Å². The summed E-state index contributed by atoms with van der Waals surface area (Å²) in [6.45, 7) is 9.86. The van der Waals surface area contributed by atoms with Crippen molar-refractivity contribution in [2.24, 2.45) is 0 Å². The van der Waals surface area contributed by atoms with Crippen molar-refractivity contribution in [3.63, 3.8) is 0 Å². The van der Waals surface area contributed by atoms with Gasteiger partial charge < -0.3 is 4.98 Å². The van der Waals surface area contributed by atoms with E-state index in [-0.39, 0.29) is 0 Å². The van der Waals surface area contributed by atoms with Gasteiger partial charge in [0.15, 0.2) is 0 Å². The van der Waals surface area contributed by atoms with Crippen LogP contribution < -0.4 is 0 Å². The monoisotopic (exact) mass is 271 g/mol. The summed E-state index contributed by atoms with van der Waals surface area (Å²) < 4.78 is 0. The average molecular weight is 271 g/mol. The fraction of sp³-hybridized carbons (Fsp3) is 0.474. The minimum absolute atomic E-state index is 1.11. The van der Waals surface area contributed by atoms with Gasteiger partial charge in [0.1, 0.15) is 0 Å². The highest BCUT2D eigenvalue weighted by atomic mass is 14.7. The molecule has 0 amide bonds. The Kier molecular flexibility index (Phi) is 8.53. The highest BCUT2D eigenvalue weighted by Crippen LogP contribution is 2.20. The van der Waals surface area contributed by atoms with E-state index in [2.05, 4.69) is 37.3 Å². The van der Waals surface area contributed by atoms with Crippen LogP contribution in [0.5, 0.6) is 0 Å². The van der Waals surface area contributed by atoms with Crippen LogP contribution >= 0.6 is 0 Å². The number of H-pyrrole nitrogens is 1. The van der Waals surface area contributed by atoms with Gasteiger partial charge in [0, 0.05) is 17.5 Å². The molecule has 0 unspecified atom stereocenters. The summed E-state index contributed by atoms with van der Waals surface area (Å²) in [6.07, 6.45) is 20.6. The Bertz CT molecular complexity index is 423. The largest absolute Gasteiger partial charge is 0.361 e. The smallest absolute Gasteiger partial charge is 0.0450 e. The molecule has 1 nitrogen and oxygen atoms in total. The molecule has 0 radical (unpaired) electrons. The Balaban J connectivity index is 2.39. The van der Waals surface area contributed by atoms with Gasteiger partial charge in [-0.1, -0.05) is 76.8 Å².